The van der Waals surface area contributed by atoms with Gasteiger partial charge in [0.25, 0.3) is 40.5 Å². The summed E-state index contributed by atoms with van der Waals surface area (Å²) in [6.45, 7) is 0. The molecule has 6 aromatic rings. The number of ether oxygens (including phenoxy) is 2. The SMILES string of the molecule is O=S(=O)(O)c1ccc2c(Oc3ccc(-c4c(F)c(F)c(Oc5cc(S(=O)(=O)O)cc6cc(S(=O)(=O)O)ccc56)c(F)c4F)c(F)c3F)cc(S(=O)(=O)O)cc2c1. The van der Waals surface area contributed by atoms with Gasteiger partial charge < -0.3 is 9.47 Å². The first kappa shape index (κ1) is 40.3. The number of halogens is 6. The van der Waals surface area contributed by atoms with Gasteiger partial charge in [-0.15, -0.1) is 0 Å². The molecule has 0 saturated heterocycles. The second kappa shape index (κ2) is 13.7. The molecule has 0 atom stereocenters. The summed E-state index contributed by atoms with van der Waals surface area (Å²) in [5.41, 5.74) is -3.30. The summed E-state index contributed by atoms with van der Waals surface area (Å²) in [6.07, 6.45) is 0. The first-order chi connectivity index (χ1) is 25.8. The van der Waals surface area contributed by atoms with Crippen LogP contribution in [0, 0.1) is 34.9 Å². The molecule has 294 valence electrons. The second-order valence-electron chi connectivity index (χ2n) is 11.4. The predicted molar refractivity (Wildman–Crippen MR) is 179 cm³/mol. The molecule has 4 N–H and O–H groups in total. The third-order valence-electron chi connectivity index (χ3n) is 7.88. The molecule has 0 aliphatic rings. The van der Waals surface area contributed by atoms with Crippen LogP contribution in [0.25, 0.3) is 32.7 Å². The van der Waals surface area contributed by atoms with Gasteiger partial charge in [-0.05, 0) is 71.4 Å². The maximum absolute atomic E-state index is 15.5. The molecule has 6 rings (SSSR count). The lowest BCUT2D eigenvalue weighted by Gasteiger charge is -2.16. The molecule has 0 bridgehead atoms. The minimum atomic E-state index is -5.18. The van der Waals surface area contributed by atoms with Crippen molar-refractivity contribution in [3.05, 3.63) is 108 Å². The summed E-state index contributed by atoms with van der Waals surface area (Å²) < 4.78 is 235. The van der Waals surface area contributed by atoms with E-state index in [0.29, 0.717) is 36.4 Å². The fourth-order valence-electron chi connectivity index (χ4n) is 5.33. The van der Waals surface area contributed by atoms with Crippen molar-refractivity contribution in [2.45, 2.75) is 19.6 Å². The maximum Gasteiger partial charge on any atom is 0.294 e. The lowest BCUT2D eigenvalue weighted by atomic mass is 10.0. The van der Waals surface area contributed by atoms with E-state index in [0.717, 1.165) is 36.4 Å². The molecule has 0 aromatic heterocycles. The van der Waals surface area contributed by atoms with Crippen LogP contribution in [-0.2, 0) is 40.5 Å². The molecule has 0 heterocycles. The summed E-state index contributed by atoms with van der Waals surface area (Å²) in [6, 6.07) is 8.01. The highest BCUT2D eigenvalue weighted by molar-refractivity contribution is 7.86. The van der Waals surface area contributed by atoms with Crippen LogP contribution in [0.1, 0.15) is 0 Å². The molecule has 56 heavy (non-hydrogen) atoms. The van der Waals surface area contributed by atoms with Gasteiger partial charge in [0.2, 0.25) is 23.2 Å². The molecule has 0 aliphatic heterocycles. The van der Waals surface area contributed by atoms with Crippen molar-refractivity contribution < 1.29 is 87.7 Å². The van der Waals surface area contributed by atoms with Gasteiger partial charge in [0, 0.05) is 28.5 Å². The van der Waals surface area contributed by atoms with Gasteiger partial charge in [0.1, 0.15) is 11.5 Å². The molecule has 0 unspecified atom stereocenters. The topological polar surface area (TPSA) is 236 Å². The minimum absolute atomic E-state index is 0.209. The molecule has 0 amide bonds. The van der Waals surface area contributed by atoms with Crippen LogP contribution in [0.5, 0.6) is 23.0 Å². The van der Waals surface area contributed by atoms with E-state index in [-0.39, 0.29) is 16.2 Å². The van der Waals surface area contributed by atoms with Crippen molar-refractivity contribution in [2.75, 3.05) is 0 Å². The predicted octanol–water partition coefficient (Wildman–Crippen LogP) is 7.07. The molecular weight excluding hydrogens is 851 g/mol. The number of benzene rings is 6. The third-order valence-corrected chi connectivity index (χ3v) is 11.2. The van der Waals surface area contributed by atoms with E-state index in [1.165, 1.54) is 0 Å². The lowest BCUT2D eigenvalue weighted by molar-refractivity contribution is 0.369. The molecule has 0 aliphatic carbocycles. The normalized spacial score (nSPS) is 12.7. The van der Waals surface area contributed by atoms with Gasteiger partial charge in [-0.3, -0.25) is 18.2 Å². The van der Waals surface area contributed by atoms with Crippen molar-refractivity contribution in [1.82, 2.24) is 0 Å². The highest BCUT2D eigenvalue weighted by Gasteiger charge is 2.32. The first-order valence-electron chi connectivity index (χ1n) is 14.5. The van der Waals surface area contributed by atoms with E-state index >= 15 is 26.3 Å². The van der Waals surface area contributed by atoms with E-state index < -0.39 is 134 Å². The Balaban J connectivity index is 1.45. The molecule has 14 nitrogen and oxygen atoms in total. The lowest BCUT2D eigenvalue weighted by Crippen LogP contribution is -2.06. The number of fused-ring (bicyclic) bond motifs is 2. The molecule has 6 aromatic carbocycles. The fraction of sp³-hybridized carbons (Fsp3) is 0. The largest absolute Gasteiger partial charge is 0.453 e. The van der Waals surface area contributed by atoms with Crippen molar-refractivity contribution in [2.24, 2.45) is 0 Å². The smallest absolute Gasteiger partial charge is 0.294 e. The van der Waals surface area contributed by atoms with Crippen molar-refractivity contribution >= 4 is 62.0 Å². The van der Waals surface area contributed by atoms with Crippen molar-refractivity contribution in [3.63, 3.8) is 0 Å². The Hall–Kier alpha value is -5.34. The van der Waals surface area contributed by atoms with Crippen LogP contribution in [0.4, 0.5) is 26.3 Å². The molecule has 0 radical (unpaired) electrons. The Kier molecular flexibility index (Phi) is 9.86. The van der Waals surface area contributed by atoms with Crippen LogP contribution < -0.4 is 9.47 Å². The van der Waals surface area contributed by atoms with Gasteiger partial charge >= 0.3 is 0 Å². The zero-order chi connectivity index (χ0) is 41.4. The molecular formula is C32H16F6O14S4. The van der Waals surface area contributed by atoms with Crippen molar-refractivity contribution in [3.8, 4) is 34.1 Å². The average Bonchev–Trinajstić information content (AvgIpc) is 3.09. The summed E-state index contributed by atoms with van der Waals surface area (Å²) in [4.78, 5) is -3.60. The van der Waals surface area contributed by atoms with Gasteiger partial charge in [-0.2, -0.15) is 46.8 Å². The van der Waals surface area contributed by atoms with Gasteiger partial charge in [-0.25, -0.2) is 13.2 Å². The van der Waals surface area contributed by atoms with Crippen molar-refractivity contribution in [1.29, 1.82) is 0 Å². The fourth-order valence-corrected chi connectivity index (χ4v) is 7.43. The standard InChI is InChI=1S/C32H16F6O14S4/c33-26-21(5-6-22(27(26)34)51-23-11-17(55(45,46)47)9-13-7-15(53(39,40)41)1-3-19(13)23)25-28(35)30(37)32(31(38)29(25)36)52-24-12-18(56(48,49)50)10-14-8-16(54(42,43)44)2-4-20(14)24/h1-12H,(H,39,40,41)(H,42,43,44)(H,45,46,47)(H,48,49,50). The Morgan fingerprint density at radius 1 is 0.393 bits per heavy atom. The zero-order valence-corrected chi connectivity index (χ0v) is 30.0. The number of rotatable bonds is 9. The molecule has 24 heteroatoms. The van der Waals surface area contributed by atoms with E-state index in [9.17, 15) is 51.9 Å². The van der Waals surface area contributed by atoms with E-state index in [1.54, 1.807) is 0 Å². The van der Waals surface area contributed by atoms with Crippen LogP contribution in [-0.4, -0.2) is 51.9 Å². The Morgan fingerprint density at radius 2 is 0.786 bits per heavy atom. The third kappa shape index (κ3) is 7.47. The summed E-state index contributed by atoms with van der Waals surface area (Å²) in [5.74, 6) is -18.5. The monoisotopic (exact) mass is 866 g/mol. The zero-order valence-electron chi connectivity index (χ0n) is 26.7. The van der Waals surface area contributed by atoms with E-state index in [1.807, 2.05) is 0 Å². The molecule has 0 spiro atoms. The van der Waals surface area contributed by atoms with Crippen LogP contribution in [0.2, 0.25) is 0 Å². The van der Waals surface area contributed by atoms with Gasteiger partial charge in [0.05, 0.1) is 25.1 Å². The van der Waals surface area contributed by atoms with Crippen LogP contribution in [0.15, 0.2) is 92.4 Å². The Morgan fingerprint density at radius 3 is 1.20 bits per heavy atom. The summed E-state index contributed by atoms with van der Waals surface area (Å²) in [5, 5.41) is -1.38. The van der Waals surface area contributed by atoms with Crippen LogP contribution >= 0.6 is 0 Å². The summed E-state index contributed by atoms with van der Waals surface area (Å²) in [7, 11) is -20.0. The minimum Gasteiger partial charge on any atom is -0.453 e. The number of hydrogen-bond donors (Lipinski definition) is 4. The van der Waals surface area contributed by atoms with Gasteiger partial charge in [0.15, 0.2) is 23.2 Å². The van der Waals surface area contributed by atoms with Gasteiger partial charge in [-0.1, -0.05) is 0 Å². The average molecular weight is 867 g/mol. The molecule has 0 saturated carbocycles. The number of hydrogen-bond acceptors (Lipinski definition) is 10. The van der Waals surface area contributed by atoms with E-state index in [4.69, 9.17) is 9.47 Å². The van der Waals surface area contributed by atoms with E-state index in [2.05, 4.69) is 0 Å². The first-order valence-corrected chi connectivity index (χ1v) is 20.3. The van der Waals surface area contributed by atoms with Crippen LogP contribution in [0.3, 0.4) is 0 Å². The Labute approximate surface area is 310 Å². The second-order valence-corrected chi connectivity index (χ2v) is 17.1. The summed E-state index contributed by atoms with van der Waals surface area (Å²) >= 11 is 0. The highest BCUT2D eigenvalue weighted by atomic mass is 32.2. The Bertz CT molecular complexity index is 3120. The maximum atomic E-state index is 15.5. The highest BCUT2D eigenvalue weighted by Crippen LogP contribution is 2.43. The quantitative estimate of drug-likeness (QED) is 0.0647. The molecule has 0 fully saturated rings.